The second-order valence-corrected chi connectivity index (χ2v) is 7.62. The van der Waals surface area contributed by atoms with Gasteiger partial charge in [0.25, 0.3) is 0 Å². The van der Waals surface area contributed by atoms with Gasteiger partial charge in [0.2, 0.25) is 0 Å². The highest BCUT2D eigenvalue weighted by Gasteiger charge is 2.47. The van der Waals surface area contributed by atoms with Gasteiger partial charge in [0.1, 0.15) is 0 Å². The smallest absolute Gasteiger partial charge is 0.306 e. The monoisotopic (exact) mass is 322 g/mol. The van der Waals surface area contributed by atoms with E-state index in [0.29, 0.717) is 6.42 Å². The maximum Gasteiger partial charge on any atom is 0.306 e. The van der Waals surface area contributed by atoms with E-state index in [4.69, 9.17) is 4.74 Å². The quantitative estimate of drug-likeness (QED) is 0.297. The third kappa shape index (κ3) is 5.78. The summed E-state index contributed by atoms with van der Waals surface area (Å²) in [5, 5.41) is 0. The number of esters is 1. The molecule has 0 N–H and O–H groups in total. The Morgan fingerprint density at radius 3 is 2.17 bits per heavy atom. The first kappa shape index (κ1) is 19.9. The van der Waals surface area contributed by atoms with Crippen molar-refractivity contribution in [1.29, 1.82) is 0 Å². The summed E-state index contributed by atoms with van der Waals surface area (Å²) in [6.45, 7) is 8.22. The van der Waals surface area contributed by atoms with Gasteiger partial charge in [-0.1, -0.05) is 78.4 Å². The van der Waals surface area contributed by atoms with Crippen molar-refractivity contribution in [2.45, 2.75) is 85.5 Å². The molecule has 0 unspecified atom stereocenters. The van der Waals surface area contributed by atoms with Crippen molar-refractivity contribution in [3.8, 4) is 0 Å². The number of Topliss-reactive ketones (excluding diaryl/α,β-unsaturated/α-hetero) is 1. The van der Waals surface area contributed by atoms with E-state index >= 15 is 0 Å². The van der Waals surface area contributed by atoms with Crippen LogP contribution in [0.4, 0.5) is 0 Å². The van der Waals surface area contributed by atoms with Gasteiger partial charge in [0.05, 0.1) is 0 Å². The molecule has 0 aromatic heterocycles. The van der Waals surface area contributed by atoms with E-state index in [-0.39, 0.29) is 23.8 Å². The fourth-order valence-corrected chi connectivity index (χ4v) is 3.11. The molecule has 0 aliphatic heterocycles. The second kappa shape index (κ2) is 9.24. The Morgan fingerprint density at radius 1 is 1.00 bits per heavy atom. The molecule has 0 spiro atoms. The summed E-state index contributed by atoms with van der Waals surface area (Å²) >= 11 is 0. The number of carbonyl (C=O) groups is 2. The molecule has 0 aromatic rings. The molecule has 0 saturated carbocycles. The molecule has 1 aliphatic carbocycles. The Balaban J connectivity index is 2.17. The fraction of sp³-hybridized carbons (Fsp3) is 0.800. The molecular formula is C20H34O3. The van der Waals surface area contributed by atoms with Gasteiger partial charge in [-0.05, 0) is 18.3 Å². The van der Waals surface area contributed by atoms with Crippen LogP contribution in [-0.4, -0.2) is 18.4 Å². The van der Waals surface area contributed by atoms with Crippen molar-refractivity contribution >= 4 is 11.8 Å². The Morgan fingerprint density at radius 2 is 1.61 bits per heavy atom. The molecule has 1 atom stereocenters. The third-order valence-electron chi connectivity index (χ3n) is 5.45. The van der Waals surface area contributed by atoms with Crippen molar-refractivity contribution < 1.29 is 14.3 Å². The Bertz CT molecular complexity index is 423. The van der Waals surface area contributed by atoms with Crippen molar-refractivity contribution in [3.05, 3.63) is 12.2 Å². The fourth-order valence-electron chi connectivity index (χ4n) is 3.11. The van der Waals surface area contributed by atoms with Crippen LogP contribution in [-0.2, 0) is 14.3 Å². The number of rotatable bonds is 11. The SMILES string of the molecule is CCCCCCCCCC(=O)OCC(=O)[C@@]1(C)CC=CC1(C)C. The number of allylic oxidation sites excluding steroid dienone is 2. The van der Waals surface area contributed by atoms with E-state index in [1.165, 1.54) is 32.1 Å². The predicted octanol–water partition coefficient (Wildman–Crippen LogP) is 5.23. The summed E-state index contributed by atoms with van der Waals surface area (Å²) < 4.78 is 5.20. The van der Waals surface area contributed by atoms with Gasteiger partial charge in [-0.25, -0.2) is 0 Å². The Kier molecular flexibility index (Phi) is 8.01. The number of unbranched alkanes of at least 4 members (excludes halogenated alkanes) is 6. The van der Waals surface area contributed by atoms with E-state index in [9.17, 15) is 9.59 Å². The zero-order chi connectivity index (χ0) is 17.3. The number of carbonyl (C=O) groups excluding carboxylic acids is 2. The van der Waals surface area contributed by atoms with Gasteiger partial charge in [-0.3, -0.25) is 9.59 Å². The molecule has 0 aromatic carbocycles. The first-order valence-electron chi connectivity index (χ1n) is 9.20. The van der Waals surface area contributed by atoms with Crippen LogP contribution < -0.4 is 0 Å². The second-order valence-electron chi connectivity index (χ2n) is 7.62. The lowest BCUT2D eigenvalue weighted by atomic mass is 9.66. The predicted molar refractivity (Wildman–Crippen MR) is 94.2 cm³/mol. The van der Waals surface area contributed by atoms with Crippen LogP contribution in [0.1, 0.15) is 85.5 Å². The molecule has 132 valence electrons. The standard InChI is InChI=1S/C20H34O3/c1-5-6-7-8-9-10-11-13-18(22)23-16-17(21)20(4)15-12-14-19(20,2)3/h12,14H,5-11,13,15-16H2,1-4H3/t20-/m1/s1. The molecule has 3 heteroatoms. The minimum absolute atomic E-state index is 0.0282. The van der Waals surface area contributed by atoms with E-state index < -0.39 is 5.41 Å². The lowest BCUT2D eigenvalue weighted by Crippen LogP contribution is -2.40. The lowest BCUT2D eigenvalue weighted by Gasteiger charge is -2.36. The van der Waals surface area contributed by atoms with Crippen molar-refractivity contribution in [2.75, 3.05) is 6.61 Å². The molecule has 0 bridgehead atoms. The van der Waals surface area contributed by atoms with Crippen molar-refractivity contribution in [1.82, 2.24) is 0 Å². The van der Waals surface area contributed by atoms with Crippen LogP contribution in [0.5, 0.6) is 0 Å². The largest absolute Gasteiger partial charge is 0.458 e. The molecule has 3 nitrogen and oxygen atoms in total. The molecule has 0 saturated heterocycles. The lowest BCUT2D eigenvalue weighted by molar-refractivity contribution is -0.152. The van der Waals surface area contributed by atoms with Crippen LogP contribution in [0.15, 0.2) is 12.2 Å². The topological polar surface area (TPSA) is 43.4 Å². The average molecular weight is 322 g/mol. The highest BCUT2D eigenvalue weighted by Crippen LogP contribution is 2.48. The van der Waals surface area contributed by atoms with Gasteiger partial charge in [0, 0.05) is 11.8 Å². The van der Waals surface area contributed by atoms with Gasteiger partial charge >= 0.3 is 5.97 Å². The summed E-state index contributed by atoms with van der Waals surface area (Å²) in [5.41, 5.74) is -0.623. The normalized spacial score (nSPS) is 22.3. The maximum absolute atomic E-state index is 12.4. The summed E-state index contributed by atoms with van der Waals surface area (Å²) in [6.07, 6.45) is 13.5. The summed E-state index contributed by atoms with van der Waals surface area (Å²) in [7, 11) is 0. The Labute approximate surface area is 141 Å². The van der Waals surface area contributed by atoms with Crippen molar-refractivity contribution in [2.24, 2.45) is 10.8 Å². The highest BCUT2D eigenvalue weighted by molar-refractivity contribution is 5.89. The number of ketones is 1. The van der Waals surface area contributed by atoms with E-state index in [0.717, 1.165) is 19.3 Å². The van der Waals surface area contributed by atoms with E-state index in [2.05, 4.69) is 32.9 Å². The van der Waals surface area contributed by atoms with E-state index in [1.807, 2.05) is 6.92 Å². The molecule has 0 radical (unpaired) electrons. The highest BCUT2D eigenvalue weighted by atomic mass is 16.5. The molecular weight excluding hydrogens is 288 g/mol. The first-order chi connectivity index (χ1) is 10.8. The van der Waals surface area contributed by atoms with Crippen LogP contribution in [0, 0.1) is 10.8 Å². The van der Waals surface area contributed by atoms with Gasteiger partial charge in [-0.2, -0.15) is 0 Å². The summed E-state index contributed by atoms with van der Waals surface area (Å²) in [4.78, 5) is 24.2. The molecule has 0 fully saturated rings. The number of hydrogen-bond donors (Lipinski definition) is 0. The average Bonchev–Trinajstić information content (AvgIpc) is 2.78. The first-order valence-corrected chi connectivity index (χ1v) is 9.20. The zero-order valence-corrected chi connectivity index (χ0v) is 15.5. The summed E-state index contributed by atoms with van der Waals surface area (Å²) in [6, 6.07) is 0. The van der Waals surface area contributed by atoms with Gasteiger partial charge in [0.15, 0.2) is 12.4 Å². The van der Waals surface area contributed by atoms with Crippen LogP contribution >= 0.6 is 0 Å². The minimum Gasteiger partial charge on any atom is -0.458 e. The van der Waals surface area contributed by atoms with Crippen LogP contribution in [0.3, 0.4) is 0 Å². The molecule has 0 heterocycles. The minimum atomic E-state index is -0.452. The van der Waals surface area contributed by atoms with Crippen molar-refractivity contribution in [3.63, 3.8) is 0 Å². The third-order valence-corrected chi connectivity index (χ3v) is 5.45. The van der Waals surface area contributed by atoms with Gasteiger partial charge < -0.3 is 4.74 Å². The van der Waals surface area contributed by atoms with E-state index in [1.54, 1.807) is 0 Å². The molecule has 23 heavy (non-hydrogen) atoms. The molecule has 1 aliphatic rings. The number of hydrogen-bond acceptors (Lipinski definition) is 3. The maximum atomic E-state index is 12.4. The van der Waals surface area contributed by atoms with Gasteiger partial charge in [-0.15, -0.1) is 0 Å². The number of ether oxygens (including phenoxy) is 1. The Hall–Kier alpha value is -1.12. The molecule has 0 amide bonds. The summed E-state index contributed by atoms with van der Waals surface area (Å²) in [5.74, 6) is -0.209. The van der Waals surface area contributed by atoms with Crippen LogP contribution in [0.25, 0.3) is 0 Å². The van der Waals surface area contributed by atoms with Crippen LogP contribution in [0.2, 0.25) is 0 Å². The zero-order valence-electron chi connectivity index (χ0n) is 15.5. The molecule has 1 rings (SSSR count).